The van der Waals surface area contributed by atoms with Crippen LogP contribution < -0.4 is 0 Å². The molecule has 0 saturated carbocycles. The van der Waals surface area contributed by atoms with Gasteiger partial charge in [-0.3, -0.25) is 9.59 Å². The summed E-state index contributed by atoms with van der Waals surface area (Å²) in [6.45, 7) is 4.02. The predicted octanol–water partition coefficient (Wildman–Crippen LogP) is 2.96. The molecule has 0 N–H and O–H groups in total. The largest absolute Gasteiger partial charge is 0.462 e. The Labute approximate surface area is 163 Å². The molecule has 0 aromatic heterocycles. The molecular formula is C22H22O6. The number of ketones is 2. The van der Waals surface area contributed by atoms with E-state index >= 15 is 0 Å². The van der Waals surface area contributed by atoms with Gasteiger partial charge in [-0.05, 0) is 49.2 Å². The van der Waals surface area contributed by atoms with E-state index in [2.05, 4.69) is 0 Å². The highest BCUT2D eigenvalue weighted by Gasteiger charge is 2.16. The van der Waals surface area contributed by atoms with Gasteiger partial charge in [-0.2, -0.15) is 0 Å². The highest BCUT2D eigenvalue weighted by atomic mass is 16.5. The standard InChI is InChI=1S/C22H22O6/c1-3-27-21(25)17-9-5-15(6-10-17)13-19(23)20(24)14-16-7-11-18(12-8-16)22(26)28-4-2/h5-12H,3-4,13-14H2,1-2H3. The van der Waals surface area contributed by atoms with Crippen molar-refractivity contribution in [2.45, 2.75) is 26.7 Å². The fourth-order valence-electron chi connectivity index (χ4n) is 2.51. The maximum atomic E-state index is 12.2. The van der Waals surface area contributed by atoms with Crippen molar-refractivity contribution in [3.63, 3.8) is 0 Å². The van der Waals surface area contributed by atoms with Gasteiger partial charge in [-0.1, -0.05) is 24.3 Å². The average Bonchev–Trinajstić information content (AvgIpc) is 2.69. The van der Waals surface area contributed by atoms with Gasteiger partial charge in [-0.25, -0.2) is 9.59 Å². The highest BCUT2D eigenvalue weighted by Crippen LogP contribution is 2.10. The SMILES string of the molecule is CCOC(=O)c1ccc(CC(=O)C(=O)Cc2ccc(C(=O)OCC)cc2)cc1. The van der Waals surface area contributed by atoms with Crippen LogP contribution in [-0.4, -0.2) is 36.7 Å². The topological polar surface area (TPSA) is 86.7 Å². The molecule has 0 aliphatic heterocycles. The van der Waals surface area contributed by atoms with E-state index in [0.29, 0.717) is 22.3 Å². The van der Waals surface area contributed by atoms with E-state index in [0.717, 1.165) is 0 Å². The van der Waals surface area contributed by atoms with Crippen molar-refractivity contribution in [1.82, 2.24) is 0 Å². The molecule has 0 unspecified atom stereocenters. The molecule has 0 aliphatic rings. The van der Waals surface area contributed by atoms with E-state index < -0.39 is 23.5 Å². The first-order valence-electron chi connectivity index (χ1n) is 9.02. The number of hydrogen-bond acceptors (Lipinski definition) is 6. The summed E-state index contributed by atoms with van der Waals surface area (Å²) in [5.41, 5.74) is 2.07. The zero-order chi connectivity index (χ0) is 20.5. The van der Waals surface area contributed by atoms with Crippen LogP contribution in [0.3, 0.4) is 0 Å². The Bertz CT molecular complexity index is 776. The summed E-state index contributed by atoms with van der Waals surface area (Å²) in [5.74, 6) is -1.89. The lowest BCUT2D eigenvalue weighted by molar-refractivity contribution is -0.135. The number of carbonyl (C=O) groups is 4. The molecule has 2 rings (SSSR count). The molecule has 0 heterocycles. The minimum absolute atomic E-state index is 0.0388. The van der Waals surface area contributed by atoms with E-state index in [1.165, 1.54) is 0 Å². The minimum Gasteiger partial charge on any atom is -0.462 e. The quantitative estimate of drug-likeness (QED) is 0.489. The smallest absolute Gasteiger partial charge is 0.338 e. The average molecular weight is 382 g/mol. The number of Topliss-reactive ketones (excluding diaryl/α,β-unsaturated/α-hetero) is 2. The number of ether oxygens (including phenoxy) is 2. The number of hydrogen-bond donors (Lipinski definition) is 0. The molecular weight excluding hydrogens is 360 g/mol. The summed E-state index contributed by atoms with van der Waals surface area (Å²) in [5, 5.41) is 0. The fraction of sp³-hybridized carbons (Fsp3) is 0.273. The second kappa shape index (κ2) is 10.2. The Kier molecular flexibility index (Phi) is 7.63. The van der Waals surface area contributed by atoms with Gasteiger partial charge in [0.1, 0.15) is 0 Å². The molecule has 0 amide bonds. The first kappa shape index (κ1) is 21.0. The van der Waals surface area contributed by atoms with Gasteiger partial charge < -0.3 is 9.47 Å². The third-order valence-electron chi connectivity index (χ3n) is 3.97. The highest BCUT2D eigenvalue weighted by molar-refractivity contribution is 6.38. The van der Waals surface area contributed by atoms with Gasteiger partial charge in [-0.15, -0.1) is 0 Å². The van der Waals surface area contributed by atoms with Crippen LogP contribution >= 0.6 is 0 Å². The van der Waals surface area contributed by atoms with Gasteiger partial charge in [0, 0.05) is 12.8 Å². The summed E-state index contributed by atoms with van der Waals surface area (Å²) in [6, 6.07) is 12.8. The van der Waals surface area contributed by atoms with Crippen molar-refractivity contribution >= 4 is 23.5 Å². The first-order valence-corrected chi connectivity index (χ1v) is 9.02. The number of carbonyl (C=O) groups excluding carboxylic acids is 4. The molecule has 0 saturated heterocycles. The third-order valence-corrected chi connectivity index (χ3v) is 3.97. The summed E-state index contributed by atoms with van der Waals surface area (Å²) < 4.78 is 9.80. The molecule has 2 aromatic carbocycles. The van der Waals surface area contributed by atoms with Crippen LogP contribution in [0.4, 0.5) is 0 Å². The van der Waals surface area contributed by atoms with Crippen molar-refractivity contribution in [2.24, 2.45) is 0 Å². The van der Waals surface area contributed by atoms with Gasteiger partial charge in [0.05, 0.1) is 24.3 Å². The lowest BCUT2D eigenvalue weighted by atomic mass is 10.00. The number of benzene rings is 2. The lowest BCUT2D eigenvalue weighted by Gasteiger charge is -2.05. The van der Waals surface area contributed by atoms with Gasteiger partial charge in [0.15, 0.2) is 0 Å². The van der Waals surface area contributed by atoms with Crippen LogP contribution in [0.5, 0.6) is 0 Å². The molecule has 0 fully saturated rings. The molecule has 2 aromatic rings. The molecule has 146 valence electrons. The molecule has 6 heteroatoms. The first-order chi connectivity index (χ1) is 13.4. The Balaban J connectivity index is 1.93. The van der Waals surface area contributed by atoms with Gasteiger partial charge in [0.25, 0.3) is 0 Å². The van der Waals surface area contributed by atoms with Crippen molar-refractivity contribution in [1.29, 1.82) is 0 Å². The molecule has 0 radical (unpaired) electrons. The monoisotopic (exact) mass is 382 g/mol. The summed E-state index contributed by atoms with van der Waals surface area (Å²) in [4.78, 5) is 47.6. The van der Waals surface area contributed by atoms with E-state index in [4.69, 9.17) is 9.47 Å². The molecule has 0 aliphatic carbocycles. The van der Waals surface area contributed by atoms with E-state index in [1.807, 2.05) is 0 Å². The Morgan fingerprint density at radius 1 is 0.607 bits per heavy atom. The lowest BCUT2D eigenvalue weighted by Crippen LogP contribution is -2.19. The van der Waals surface area contributed by atoms with Crippen molar-refractivity contribution < 1.29 is 28.7 Å². The van der Waals surface area contributed by atoms with Crippen molar-refractivity contribution in [3.8, 4) is 0 Å². The maximum absolute atomic E-state index is 12.2. The maximum Gasteiger partial charge on any atom is 0.338 e. The summed E-state index contributed by atoms with van der Waals surface area (Å²) in [6.07, 6.45) is -0.0777. The molecule has 6 nitrogen and oxygen atoms in total. The normalized spacial score (nSPS) is 10.2. The van der Waals surface area contributed by atoms with Gasteiger partial charge >= 0.3 is 11.9 Å². The number of rotatable bonds is 9. The molecule has 0 atom stereocenters. The van der Waals surface area contributed by atoms with Crippen molar-refractivity contribution in [3.05, 3.63) is 70.8 Å². The van der Waals surface area contributed by atoms with Crippen LogP contribution in [0.2, 0.25) is 0 Å². The zero-order valence-electron chi connectivity index (χ0n) is 15.9. The van der Waals surface area contributed by atoms with Crippen LogP contribution in [0.1, 0.15) is 45.7 Å². The second-order valence-corrected chi connectivity index (χ2v) is 6.03. The Morgan fingerprint density at radius 2 is 0.929 bits per heavy atom. The van der Waals surface area contributed by atoms with Crippen LogP contribution in [0.15, 0.2) is 48.5 Å². The predicted molar refractivity (Wildman–Crippen MR) is 102 cm³/mol. The Morgan fingerprint density at radius 3 is 1.21 bits per heavy atom. The third kappa shape index (κ3) is 5.87. The van der Waals surface area contributed by atoms with Crippen LogP contribution in [0.25, 0.3) is 0 Å². The zero-order valence-corrected chi connectivity index (χ0v) is 15.9. The molecule has 0 spiro atoms. The van der Waals surface area contributed by atoms with E-state index in [1.54, 1.807) is 62.4 Å². The van der Waals surface area contributed by atoms with Crippen LogP contribution in [-0.2, 0) is 31.9 Å². The fourth-order valence-corrected chi connectivity index (χ4v) is 2.51. The van der Waals surface area contributed by atoms with E-state index in [9.17, 15) is 19.2 Å². The number of esters is 2. The summed E-state index contributed by atoms with van der Waals surface area (Å²) in [7, 11) is 0. The summed E-state index contributed by atoms with van der Waals surface area (Å²) >= 11 is 0. The Hall–Kier alpha value is -3.28. The van der Waals surface area contributed by atoms with Gasteiger partial charge in [0.2, 0.25) is 11.6 Å². The van der Waals surface area contributed by atoms with Crippen molar-refractivity contribution in [2.75, 3.05) is 13.2 Å². The second-order valence-electron chi connectivity index (χ2n) is 6.03. The molecule has 28 heavy (non-hydrogen) atoms. The minimum atomic E-state index is -0.515. The molecule has 0 bridgehead atoms. The van der Waals surface area contributed by atoms with Crippen LogP contribution in [0, 0.1) is 0 Å². The van der Waals surface area contributed by atoms with E-state index in [-0.39, 0.29) is 26.1 Å².